The molecule has 1 saturated heterocycles. The summed E-state index contributed by atoms with van der Waals surface area (Å²) in [6.07, 6.45) is 0. The first-order valence-electron chi connectivity index (χ1n) is 9.85. The summed E-state index contributed by atoms with van der Waals surface area (Å²) in [7, 11) is 0. The van der Waals surface area contributed by atoms with Crippen molar-refractivity contribution >= 4 is 23.0 Å². The number of amides is 1. The van der Waals surface area contributed by atoms with Crippen LogP contribution in [0.25, 0.3) is 0 Å². The predicted molar refractivity (Wildman–Crippen MR) is 117 cm³/mol. The average molecular weight is 419 g/mol. The maximum absolute atomic E-state index is 12.7. The lowest BCUT2D eigenvalue weighted by atomic mass is 10.1. The number of nitrogens with one attached hydrogen (secondary N) is 1. The topological polar surface area (TPSA) is 93.9 Å². The lowest BCUT2D eigenvalue weighted by Crippen LogP contribution is -2.36. The van der Waals surface area contributed by atoms with E-state index in [0.717, 1.165) is 0 Å². The molecule has 0 unspecified atom stereocenters. The third-order valence-electron chi connectivity index (χ3n) is 4.86. The maximum Gasteiger partial charge on any atom is 0.293 e. The van der Waals surface area contributed by atoms with Gasteiger partial charge in [-0.15, -0.1) is 0 Å². The number of carbonyl (C=O) groups is 1. The van der Waals surface area contributed by atoms with Crippen molar-refractivity contribution in [1.29, 1.82) is 0 Å². The summed E-state index contributed by atoms with van der Waals surface area (Å²) in [6, 6.07) is 20.8. The molecule has 1 amide bonds. The number of anilines is 2. The van der Waals surface area contributed by atoms with Crippen molar-refractivity contribution in [2.45, 2.75) is 0 Å². The van der Waals surface area contributed by atoms with Gasteiger partial charge in [0.05, 0.1) is 18.1 Å². The van der Waals surface area contributed by atoms with Crippen LogP contribution in [0.3, 0.4) is 0 Å². The van der Waals surface area contributed by atoms with Gasteiger partial charge in [-0.3, -0.25) is 14.9 Å². The summed E-state index contributed by atoms with van der Waals surface area (Å²) in [5.41, 5.74) is 1.12. The minimum absolute atomic E-state index is 0.101. The van der Waals surface area contributed by atoms with Gasteiger partial charge in [0.1, 0.15) is 17.2 Å². The van der Waals surface area contributed by atoms with Crippen molar-refractivity contribution in [1.82, 2.24) is 0 Å². The molecule has 1 N–H and O–H groups in total. The Labute approximate surface area is 179 Å². The number of morpholine rings is 1. The Morgan fingerprint density at radius 3 is 2.45 bits per heavy atom. The molecule has 0 aliphatic carbocycles. The minimum atomic E-state index is -0.462. The third kappa shape index (κ3) is 4.99. The van der Waals surface area contributed by atoms with Crippen LogP contribution in [0.2, 0.25) is 0 Å². The van der Waals surface area contributed by atoms with Gasteiger partial charge in [0, 0.05) is 36.5 Å². The molecule has 4 rings (SSSR count). The Bertz CT molecular complexity index is 1080. The molecule has 3 aromatic carbocycles. The minimum Gasteiger partial charge on any atom is -0.457 e. The average Bonchev–Trinajstić information content (AvgIpc) is 2.80. The number of para-hydroxylation sites is 1. The van der Waals surface area contributed by atoms with Crippen LogP contribution in [0.15, 0.2) is 72.8 Å². The fourth-order valence-corrected chi connectivity index (χ4v) is 3.35. The van der Waals surface area contributed by atoms with E-state index in [1.165, 1.54) is 6.07 Å². The second-order valence-corrected chi connectivity index (χ2v) is 6.96. The summed E-state index contributed by atoms with van der Waals surface area (Å²) in [5, 5.41) is 14.4. The van der Waals surface area contributed by atoms with Crippen LogP contribution in [0.4, 0.5) is 17.1 Å². The highest BCUT2D eigenvalue weighted by atomic mass is 16.6. The lowest BCUT2D eigenvalue weighted by molar-refractivity contribution is -0.384. The van der Waals surface area contributed by atoms with E-state index < -0.39 is 10.8 Å². The van der Waals surface area contributed by atoms with Crippen LogP contribution in [-0.4, -0.2) is 37.1 Å². The highest BCUT2D eigenvalue weighted by Crippen LogP contribution is 2.30. The van der Waals surface area contributed by atoms with Crippen molar-refractivity contribution in [2.75, 3.05) is 36.5 Å². The van der Waals surface area contributed by atoms with Gasteiger partial charge in [-0.25, -0.2) is 0 Å². The van der Waals surface area contributed by atoms with Gasteiger partial charge >= 0.3 is 0 Å². The van der Waals surface area contributed by atoms with E-state index in [9.17, 15) is 14.9 Å². The summed E-state index contributed by atoms with van der Waals surface area (Å²) in [6.45, 7) is 2.17. The SMILES string of the molecule is O=C(Nc1cccc(Oc2ccccc2)c1)c1ccc(N2CCOCC2)c([N+](=O)[O-])c1. The molecule has 0 spiro atoms. The molecule has 31 heavy (non-hydrogen) atoms. The Balaban J connectivity index is 1.51. The molecule has 0 radical (unpaired) electrons. The number of nitrogens with zero attached hydrogens (tertiary/aromatic N) is 2. The molecule has 1 heterocycles. The zero-order chi connectivity index (χ0) is 21.6. The predicted octanol–water partition coefficient (Wildman–Crippen LogP) is 4.48. The van der Waals surface area contributed by atoms with E-state index in [4.69, 9.17) is 9.47 Å². The number of hydrogen-bond acceptors (Lipinski definition) is 6. The first-order valence-corrected chi connectivity index (χ1v) is 9.85. The second-order valence-electron chi connectivity index (χ2n) is 6.96. The van der Waals surface area contributed by atoms with Crippen LogP contribution in [0, 0.1) is 10.1 Å². The van der Waals surface area contributed by atoms with Gasteiger partial charge in [0.2, 0.25) is 0 Å². The van der Waals surface area contributed by atoms with Gasteiger partial charge in [-0.05, 0) is 36.4 Å². The Hall–Kier alpha value is -3.91. The number of hydrogen-bond donors (Lipinski definition) is 1. The second kappa shape index (κ2) is 9.27. The largest absolute Gasteiger partial charge is 0.457 e. The van der Waals surface area contributed by atoms with Gasteiger partial charge in [0.25, 0.3) is 11.6 Å². The summed E-state index contributed by atoms with van der Waals surface area (Å²) < 4.78 is 11.1. The molecule has 0 atom stereocenters. The van der Waals surface area contributed by atoms with Gasteiger partial charge in [-0.1, -0.05) is 24.3 Å². The third-order valence-corrected chi connectivity index (χ3v) is 4.86. The van der Waals surface area contributed by atoms with E-state index in [1.807, 2.05) is 35.2 Å². The molecule has 1 aliphatic heterocycles. The molecule has 0 saturated carbocycles. The Morgan fingerprint density at radius 2 is 1.71 bits per heavy atom. The van der Waals surface area contributed by atoms with Crippen LogP contribution >= 0.6 is 0 Å². The Morgan fingerprint density at radius 1 is 0.968 bits per heavy atom. The molecule has 3 aromatic rings. The molecular weight excluding hydrogens is 398 g/mol. The Kier molecular flexibility index (Phi) is 6.09. The standard InChI is InChI=1S/C23H21N3O5/c27-23(24-18-5-4-8-20(16-18)31-19-6-2-1-3-7-19)17-9-10-21(22(15-17)26(28)29)25-11-13-30-14-12-25/h1-10,15-16H,11-14H2,(H,24,27). The van der Waals surface area contributed by atoms with Gasteiger partial charge < -0.3 is 19.7 Å². The molecular formula is C23H21N3O5. The molecule has 8 nitrogen and oxygen atoms in total. The highest BCUT2D eigenvalue weighted by molar-refractivity contribution is 6.05. The van der Waals surface area contributed by atoms with E-state index in [1.54, 1.807) is 36.4 Å². The highest BCUT2D eigenvalue weighted by Gasteiger charge is 2.23. The zero-order valence-electron chi connectivity index (χ0n) is 16.7. The zero-order valence-corrected chi connectivity index (χ0v) is 16.7. The summed E-state index contributed by atoms with van der Waals surface area (Å²) >= 11 is 0. The number of carbonyl (C=O) groups excluding carboxylic acids is 1. The maximum atomic E-state index is 12.7. The van der Waals surface area contributed by atoms with Crippen molar-refractivity contribution < 1.29 is 19.2 Å². The van der Waals surface area contributed by atoms with E-state index in [-0.39, 0.29) is 11.3 Å². The lowest BCUT2D eigenvalue weighted by Gasteiger charge is -2.28. The summed E-state index contributed by atoms with van der Waals surface area (Å²) in [4.78, 5) is 25.8. The number of benzene rings is 3. The van der Waals surface area contributed by atoms with Crippen LogP contribution in [-0.2, 0) is 4.74 Å². The smallest absolute Gasteiger partial charge is 0.293 e. The quantitative estimate of drug-likeness (QED) is 0.468. The first-order chi connectivity index (χ1) is 15.1. The number of ether oxygens (including phenoxy) is 2. The van der Waals surface area contributed by atoms with Gasteiger partial charge in [0.15, 0.2) is 0 Å². The van der Waals surface area contributed by atoms with E-state index >= 15 is 0 Å². The number of rotatable bonds is 6. The van der Waals surface area contributed by atoms with Crippen molar-refractivity contribution in [3.63, 3.8) is 0 Å². The fraction of sp³-hybridized carbons (Fsp3) is 0.174. The normalized spacial score (nSPS) is 13.5. The number of nitro groups is 1. The molecule has 0 bridgehead atoms. The molecule has 158 valence electrons. The first kappa shape index (κ1) is 20.4. The van der Waals surface area contributed by atoms with Crippen molar-refractivity contribution in [3.8, 4) is 11.5 Å². The molecule has 8 heteroatoms. The number of nitro benzene ring substituents is 1. The van der Waals surface area contributed by atoms with Crippen LogP contribution in [0.1, 0.15) is 10.4 Å². The molecule has 1 fully saturated rings. The molecule has 1 aliphatic rings. The van der Waals surface area contributed by atoms with Crippen LogP contribution in [0.5, 0.6) is 11.5 Å². The van der Waals surface area contributed by atoms with Crippen molar-refractivity contribution in [2.24, 2.45) is 0 Å². The van der Waals surface area contributed by atoms with Gasteiger partial charge in [-0.2, -0.15) is 0 Å². The monoisotopic (exact) mass is 419 g/mol. The van der Waals surface area contributed by atoms with Crippen LogP contribution < -0.4 is 15.0 Å². The fourth-order valence-electron chi connectivity index (χ4n) is 3.35. The molecule has 0 aromatic heterocycles. The van der Waals surface area contributed by atoms with E-state index in [0.29, 0.717) is 49.2 Å². The van der Waals surface area contributed by atoms with Crippen molar-refractivity contribution in [3.05, 3.63) is 88.5 Å². The van der Waals surface area contributed by atoms with E-state index in [2.05, 4.69) is 5.32 Å². The summed E-state index contributed by atoms with van der Waals surface area (Å²) in [5.74, 6) is 0.812.